The molecule has 230 valence electrons. The largest absolute Gasteiger partial charge is 0.368 e. The molecule has 0 spiro atoms. The Kier molecular flexibility index (Phi) is 10.1. The highest BCUT2D eigenvalue weighted by Crippen LogP contribution is 2.34. The summed E-state index contributed by atoms with van der Waals surface area (Å²) in [5.74, 6) is -0.458. The summed E-state index contributed by atoms with van der Waals surface area (Å²) < 4.78 is 0. The van der Waals surface area contributed by atoms with E-state index >= 15 is 0 Å². The molecule has 3 unspecified atom stereocenters. The smallest absolute Gasteiger partial charge is 0.315 e. The zero-order valence-corrected chi connectivity index (χ0v) is 25.4. The number of piperazine rings is 1. The minimum atomic E-state index is -0.912. The van der Waals surface area contributed by atoms with Gasteiger partial charge >= 0.3 is 6.03 Å². The normalized spacial score (nSPS) is 20.5. The second kappa shape index (κ2) is 13.6. The van der Waals surface area contributed by atoms with Crippen molar-refractivity contribution in [2.45, 2.75) is 77.9 Å². The van der Waals surface area contributed by atoms with Gasteiger partial charge in [0.25, 0.3) is 0 Å². The van der Waals surface area contributed by atoms with Crippen LogP contribution in [0.2, 0.25) is 0 Å². The summed E-state index contributed by atoms with van der Waals surface area (Å²) in [6, 6.07) is 7.29. The quantitative estimate of drug-likeness (QED) is 0.386. The Balaban J connectivity index is 1.29. The highest BCUT2D eigenvalue weighted by Gasteiger charge is 2.42. The van der Waals surface area contributed by atoms with Gasteiger partial charge in [0.15, 0.2) is 5.78 Å². The van der Waals surface area contributed by atoms with Crippen LogP contribution in [0.4, 0.5) is 10.5 Å². The third kappa shape index (κ3) is 8.23. The standard InChI is InChI=1S/C31H46N6O5/c1-21(38)24(19-22-12-13-22)33-28(40)25-11-8-14-37(25)29(41)27(31(2,3)4)34-30(42)32-20-26(39)36-17-15-35(16-18-36)23-9-6-5-7-10-23/h5-7,9-10,22,24-25,27H,8,11-20H2,1-4H3,(H,33,40)(H2,32,34,42). The number of para-hydroxylation sites is 1. The first-order chi connectivity index (χ1) is 19.9. The van der Waals surface area contributed by atoms with Crippen molar-refractivity contribution in [3.05, 3.63) is 30.3 Å². The fourth-order valence-corrected chi connectivity index (χ4v) is 5.70. The maximum atomic E-state index is 13.7. The molecule has 11 nitrogen and oxygen atoms in total. The van der Waals surface area contributed by atoms with E-state index in [0.717, 1.165) is 18.5 Å². The number of hydrogen-bond acceptors (Lipinski definition) is 6. The van der Waals surface area contributed by atoms with Crippen molar-refractivity contribution in [1.82, 2.24) is 25.8 Å². The molecule has 3 fully saturated rings. The molecule has 4 rings (SSSR count). The number of benzene rings is 1. The van der Waals surface area contributed by atoms with Crippen LogP contribution in [0.1, 0.15) is 59.8 Å². The summed E-state index contributed by atoms with van der Waals surface area (Å²) in [5, 5.41) is 8.27. The maximum Gasteiger partial charge on any atom is 0.315 e. The number of amides is 5. The van der Waals surface area contributed by atoms with Gasteiger partial charge in [0, 0.05) is 38.4 Å². The number of anilines is 1. The summed E-state index contributed by atoms with van der Waals surface area (Å²) in [5.41, 5.74) is 0.471. The lowest BCUT2D eigenvalue weighted by atomic mass is 9.85. The summed E-state index contributed by atoms with van der Waals surface area (Å²) >= 11 is 0. The molecule has 1 aromatic rings. The van der Waals surface area contributed by atoms with Crippen LogP contribution in [0.25, 0.3) is 0 Å². The molecular formula is C31H46N6O5. The third-order valence-electron chi connectivity index (χ3n) is 8.45. The van der Waals surface area contributed by atoms with Crippen LogP contribution in [-0.4, -0.2) is 96.7 Å². The van der Waals surface area contributed by atoms with Gasteiger partial charge in [-0.25, -0.2) is 4.79 Å². The number of rotatable bonds is 10. The molecule has 2 heterocycles. The summed E-state index contributed by atoms with van der Waals surface area (Å²) in [6.07, 6.45) is 3.94. The lowest BCUT2D eigenvalue weighted by Gasteiger charge is -2.36. The number of carbonyl (C=O) groups is 5. The second-order valence-corrected chi connectivity index (χ2v) is 12.9. The first kappa shape index (κ1) is 31.3. The summed E-state index contributed by atoms with van der Waals surface area (Å²) in [4.78, 5) is 70.3. The van der Waals surface area contributed by atoms with Gasteiger partial charge in [-0.1, -0.05) is 51.8 Å². The van der Waals surface area contributed by atoms with Gasteiger partial charge in [0.05, 0.1) is 12.6 Å². The molecule has 1 aliphatic carbocycles. The maximum absolute atomic E-state index is 13.7. The van der Waals surface area contributed by atoms with Gasteiger partial charge in [0.1, 0.15) is 12.1 Å². The minimum absolute atomic E-state index is 0.0790. The van der Waals surface area contributed by atoms with Crippen molar-refractivity contribution < 1.29 is 24.0 Å². The molecule has 2 saturated heterocycles. The van der Waals surface area contributed by atoms with Gasteiger partial charge in [-0.15, -0.1) is 0 Å². The lowest BCUT2D eigenvalue weighted by molar-refractivity contribution is -0.142. The molecule has 1 aromatic carbocycles. The number of urea groups is 1. The van der Waals surface area contributed by atoms with Crippen LogP contribution in [0.3, 0.4) is 0 Å². The monoisotopic (exact) mass is 582 g/mol. The average Bonchev–Trinajstić information content (AvgIpc) is 3.65. The van der Waals surface area contributed by atoms with Crippen LogP contribution in [0.15, 0.2) is 30.3 Å². The van der Waals surface area contributed by atoms with Gasteiger partial charge in [-0.2, -0.15) is 0 Å². The van der Waals surface area contributed by atoms with E-state index in [-0.39, 0.29) is 30.0 Å². The summed E-state index contributed by atoms with van der Waals surface area (Å²) in [6.45, 7) is 9.78. The van der Waals surface area contributed by atoms with Crippen LogP contribution < -0.4 is 20.9 Å². The number of likely N-dealkylation sites (tertiary alicyclic amines) is 1. The molecule has 5 amide bonds. The number of ketones is 1. The fourth-order valence-electron chi connectivity index (χ4n) is 5.70. The number of carbonyl (C=O) groups excluding carboxylic acids is 5. The number of Topliss-reactive ketones (excluding diaryl/α,β-unsaturated/α-hetero) is 1. The SMILES string of the molecule is CC(=O)C(CC1CC1)NC(=O)C1CCCN1C(=O)C(NC(=O)NCC(=O)N1CCN(c2ccccc2)CC1)C(C)(C)C. The van der Waals surface area contributed by atoms with Crippen LogP contribution in [-0.2, 0) is 19.2 Å². The zero-order chi connectivity index (χ0) is 30.4. The van der Waals surface area contributed by atoms with Crippen molar-refractivity contribution >= 4 is 35.2 Å². The van der Waals surface area contributed by atoms with Crippen molar-refractivity contribution in [2.24, 2.45) is 11.3 Å². The van der Waals surface area contributed by atoms with Crippen LogP contribution in [0, 0.1) is 11.3 Å². The Morgan fingerprint density at radius 2 is 1.57 bits per heavy atom. The van der Waals surface area contributed by atoms with Crippen LogP contribution in [0.5, 0.6) is 0 Å². The van der Waals surface area contributed by atoms with Gasteiger partial charge in [-0.3, -0.25) is 19.2 Å². The molecule has 1 saturated carbocycles. The van der Waals surface area contributed by atoms with Crippen molar-refractivity contribution in [1.29, 1.82) is 0 Å². The van der Waals surface area contributed by atoms with Crippen molar-refractivity contribution in [2.75, 3.05) is 44.2 Å². The van der Waals surface area contributed by atoms with E-state index < -0.39 is 29.6 Å². The highest BCUT2D eigenvalue weighted by atomic mass is 16.2. The molecule has 3 atom stereocenters. The Morgan fingerprint density at radius 1 is 0.905 bits per heavy atom. The topological polar surface area (TPSA) is 131 Å². The van der Waals surface area contributed by atoms with E-state index in [9.17, 15) is 24.0 Å². The Bertz CT molecular complexity index is 1140. The van der Waals surface area contributed by atoms with Crippen LogP contribution >= 0.6 is 0 Å². The first-order valence-corrected chi connectivity index (χ1v) is 15.2. The fraction of sp³-hybridized carbons (Fsp3) is 0.645. The van der Waals surface area contributed by atoms with E-state index in [0.29, 0.717) is 57.9 Å². The first-order valence-electron chi connectivity index (χ1n) is 15.2. The number of nitrogens with zero attached hydrogens (tertiary/aromatic N) is 3. The summed E-state index contributed by atoms with van der Waals surface area (Å²) in [7, 11) is 0. The van der Waals surface area contributed by atoms with Gasteiger partial charge in [0.2, 0.25) is 17.7 Å². The van der Waals surface area contributed by atoms with Gasteiger partial charge in [-0.05, 0) is 49.7 Å². The lowest BCUT2D eigenvalue weighted by Crippen LogP contribution is -2.60. The zero-order valence-electron chi connectivity index (χ0n) is 25.4. The van der Waals surface area contributed by atoms with Gasteiger partial charge < -0.3 is 30.7 Å². The Hall–Kier alpha value is -3.63. The second-order valence-electron chi connectivity index (χ2n) is 12.9. The molecular weight excluding hydrogens is 536 g/mol. The Labute approximate surface area is 248 Å². The molecule has 0 radical (unpaired) electrons. The highest BCUT2D eigenvalue weighted by molar-refractivity contribution is 5.95. The van der Waals surface area contributed by atoms with E-state index in [1.807, 2.05) is 51.1 Å². The molecule has 3 N–H and O–H groups in total. The molecule has 11 heteroatoms. The molecule has 3 aliphatic rings. The minimum Gasteiger partial charge on any atom is -0.368 e. The Morgan fingerprint density at radius 3 is 2.17 bits per heavy atom. The molecule has 0 aromatic heterocycles. The predicted molar refractivity (Wildman–Crippen MR) is 160 cm³/mol. The third-order valence-corrected chi connectivity index (χ3v) is 8.45. The average molecular weight is 583 g/mol. The molecule has 2 aliphatic heterocycles. The molecule has 42 heavy (non-hydrogen) atoms. The van der Waals surface area contributed by atoms with Crippen molar-refractivity contribution in [3.63, 3.8) is 0 Å². The van der Waals surface area contributed by atoms with E-state index in [4.69, 9.17) is 0 Å². The van der Waals surface area contributed by atoms with E-state index in [1.165, 1.54) is 11.8 Å². The van der Waals surface area contributed by atoms with E-state index in [1.54, 1.807) is 4.90 Å². The van der Waals surface area contributed by atoms with Crippen molar-refractivity contribution in [3.8, 4) is 0 Å². The predicted octanol–water partition coefficient (Wildman–Crippen LogP) is 1.91. The molecule has 0 bridgehead atoms. The van der Waals surface area contributed by atoms with E-state index in [2.05, 4.69) is 20.9 Å². The number of hydrogen-bond donors (Lipinski definition) is 3. The number of nitrogens with one attached hydrogen (secondary N) is 3.